The average molecular weight is 391 g/mol. The van der Waals surface area contributed by atoms with E-state index in [0.29, 0.717) is 17.7 Å². The van der Waals surface area contributed by atoms with Crippen molar-refractivity contribution in [1.29, 1.82) is 0 Å². The lowest BCUT2D eigenvalue weighted by Crippen LogP contribution is -2.16. The molecule has 1 aromatic heterocycles. The Hall–Kier alpha value is -2.81. The standard InChI is InChI=1S/C26H30O3/c1-3-11-21(17-16-19-12-7-5-8-13-19)24-18-23(27)25(26(28)29-24)22(4-2)20-14-9-6-10-15-20/h5-10,12-15,18,21-22,27H,3-4,11,16-17H2,1-2H3. The van der Waals surface area contributed by atoms with Crippen LogP contribution in [0.3, 0.4) is 0 Å². The third-order valence-electron chi connectivity index (χ3n) is 5.61. The van der Waals surface area contributed by atoms with Crippen LogP contribution in [0.5, 0.6) is 5.75 Å². The second-order valence-corrected chi connectivity index (χ2v) is 7.62. The summed E-state index contributed by atoms with van der Waals surface area (Å²) in [7, 11) is 0. The number of aryl methyl sites for hydroxylation is 1. The SMILES string of the molecule is CCCC(CCc1ccccc1)c1cc(O)c(C(CC)c2ccccc2)c(=O)o1. The first-order valence-corrected chi connectivity index (χ1v) is 10.6. The summed E-state index contributed by atoms with van der Waals surface area (Å²) in [5.41, 5.74) is 2.23. The summed E-state index contributed by atoms with van der Waals surface area (Å²) in [4.78, 5) is 12.9. The quantitative estimate of drug-likeness (QED) is 0.460. The number of hydrogen-bond donors (Lipinski definition) is 1. The molecular weight excluding hydrogens is 360 g/mol. The van der Waals surface area contributed by atoms with Crippen LogP contribution in [0.15, 0.2) is 75.9 Å². The molecule has 3 heteroatoms. The number of aromatic hydroxyl groups is 1. The Labute approximate surface area is 173 Å². The Kier molecular flexibility index (Phi) is 7.29. The van der Waals surface area contributed by atoms with Crippen LogP contribution in [0.25, 0.3) is 0 Å². The molecule has 0 bridgehead atoms. The number of rotatable bonds is 9. The zero-order chi connectivity index (χ0) is 20.6. The molecular formula is C26H30O3. The van der Waals surface area contributed by atoms with Crippen molar-refractivity contribution in [2.24, 2.45) is 0 Å². The predicted octanol–water partition coefficient (Wildman–Crippen LogP) is 6.40. The second kappa shape index (κ2) is 10.1. The van der Waals surface area contributed by atoms with Gasteiger partial charge in [-0.05, 0) is 36.8 Å². The van der Waals surface area contributed by atoms with Gasteiger partial charge in [-0.15, -0.1) is 0 Å². The number of benzene rings is 2. The zero-order valence-corrected chi connectivity index (χ0v) is 17.3. The molecule has 3 nitrogen and oxygen atoms in total. The summed E-state index contributed by atoms with van der Waals surface area (Å²) in [6.07, 6.45) is 4.43. The van der Waals surface area contributed by atoms with Crippen molar-refractivity contribution in [1.82, 2.24) is 0 Å². The number of hydrogen-bond acceptors (Lipinski definition) is 3. The predicted molar refractivity (Wildman–Crippen MR) is 118 cm³/mol. The zero-order valence-electron chi connectivity index (χ0n) is 17.3. The van der Waals surface area contributed by atoms with E-state index in [2.05, 4.69) is 19.1 Å². The van der Waals surface area contributed by atoms with Crippen LogP contribution in [-0.2, 0) is 6.42 Å². The van der Waals surface area contributed by atoms with Crippen molar-refractivity contribution in [3.63, 3.8) is 0 Å². The van der Waals surface area contributed by atoms with Crippen LogP contribution in [-0.4, -0.2) is 5.11 Å². The van der Waals surface area contributed by atoms with Gasteiger partial charge in [-0.1, -0.05) is 80.9 Å². The Bertz CT molecular complexity index is 945. The van der Waals surface area contributed by atoms with Gasteiger partial charge in [-0.2, -0.15) is 0 Å². The average Bonchev–Trinajstić information content (AvgIpc) is 2.75. The van der Waals surface area contributed by atoms with Gasteiger partial charge in [0.05, 0.1) is 5.56 Å². The molecule has 0 radical (unpaired) electrons. The molecule has 0 saturated heterocycles. The highest BCUT2D eigenvalue weighted by Gasteiger charge is 2.24. The van der Waals surface area contributed by atoms with E-state index in [1.807, 2.05) is 55.5 Å². The normalized spacial score (nSPS) is 13.2. The summed E-state index contributed by atoms with van der Waals surface area (Å²) >= 11 is 0. The van der Waals surface area contributed by atoms with Gasteiger partial charge in [0.1, 0.15) is 11.5 Å². The lowest BCUT2D eigenvalue weighted by atomic mass is 9.88. The van der Waals surface area contributed by atoms with E-state index in [-0.39, 0.29) is 17.6 Å². The van der Waals surface area contributed by atoms with E-state index in [9.17, 15) is 9.90 Å². The Morgan fingerprint density at radius 1 is 0.931 bits per heavy atom. The molecule has 0 saturated carbocycles. The van der Waals surface area contributed by atoms with Crippen LogP contribution in [0.4, 0.5) is 0 Å². The van der Waals surface area contributed by atoms with Crippen molar-refractivity contribution >= 4 is 0 Å². The summed E-state index contributed by atoms with van der Waals surface area (Å²) in [6.45, 7) is 4.15. The lowest BCUT2D eigenvalue weighted by molar-refractivity contribution is 0.370. The van der Waals surface area contributed by atoms with E-state index in [1.165, 1.54) is 5.56 Å². The highest BCUT2D eigenvalue weighted by atomic mass is 16.4. The molecule has 2 atom stereocenters. The van der Waals surface area contributed by atoms with Gasteiger partial charge in [-0.3, -0.25) is 0 Å². The van der Waals surface area contributed by atoms with E-state index < -0.39 is 5.63 Å². The monoisotopic (exact) mass is 390 g/mol. The molecule has 1 heterocycles. The van der Waals surface area contributed by atoms with E-state index in [1.54, 1.807) is 6.07 Å². The third-order valence-corrected chi connectivity index (χ3v) is 5.61. The second-order valence-electron chi connectivity index (χ2n) is 7.62. The molecule has 0 aliphatic carbocycles. The Morgan fingerprint density at radius 2 is 1.59 bits per heavy atom. The minimum atomic E-state index is -0.420. The first kappa shape index (κ1) is 20.9. The summed E-state index contributed by atoms with van der Waals surface area (Å²) in [5.74, 6) is 0.588. The summed E-state index contributed by atoms with van der Waals surface area (Å²) < 4.78 is 5.78. The molecule has 3 aromatic rings. The van der Waals surface area contributed by atoms with Gasteiger partial charge in [0, 0.05) is 17.9 Å². The fourth-order valence-electron chi connectivity index (χ4n) is 4.09. The molecule has 0 aliphatic heterocycles. The van der Waals surface area contributed by atoms with Gasteiger partial charge in [0.25, 0.3) is 0 Å². The first-order valence-electron chi connectivity index (χ1n) is 10.6. The molecule has 0 aliphatic rings. The molecule has 1 N–H and O–H groups in total. The van der Waals surface area contributed by atoms with Crippen molar-refractivity contribution in [3.8, 4) is 5.75 Å². The maximum atomic E-state index is 12.9. The molecule has 2 unspecified atom stereocenters. The molecule has 2 aromatic carbocycles. The highest BCUT2D eigenvalue weighted by Crippen LogP contribution is 2.34. The van der Waals surface area contributed by atoms with Crippen LogP contribution >= 0.6 is 0 Å². The molecule has 0 amide bonds. The smallest absolute Gasteiger partial charge is 0.343 e. The Balaban J connectivity index is 1.88. The van der Waals surface area contributed by atoms with Crippen molar-refractivity contribution in [3.05, 3.63) is 99.6 Å². The maximum Gasteiger partial charge on any atom is 0.343 e. The fourth-order valence-corrected chi connectivity index (χ4v) is 4.09. The highest BCUT2D eigenvalue weighted by molar-refractivity contribution is 5.40. The molecule has 0 fully saturated rings. The molecule has 3 rings (SSSR count). The van der Waals surface area contributed by atoms with E-state index in [4.69, 9.17) is 4.42 Å². The third kappa shape index (κ3) is 5.17. The van der Waals surface area contributed by atoms with E-state index in [0.717, 1.165) is 31.2 Å². The van der Waals surface area contributed by atoms with Gasteiger partial charge >= 0.3 is 5.63 Å². The van der Waals surface area contributed by atoms with Crippen molar-refractivity contribution in [2.45, 2.75) is 57.8 Å². The largest absolute Gasteiger partial charge is 0.507 e. The fraction of sp³-hybridized carbons (Fsp3) is 0.346. The van der Waals surface area contributed by atoms with Crippen molar-refractivity contribution in [2.75, 3.05) is 0 Å². The van der Waals surface area contributed by atoms with E-state index >= 15 is 0 Å². The Morgan fingerprint density at radius 3 is 2.17 bits per heavy atom. The van der Waals surface area contributed by atoms with Crippen LogP contribution < -0.4 is 5.63 Å². The van der Waals surface area contributed by atoms with Crippen LogP contribution in [0.1, 0.15) is 73.8 Å². The molecule has 0 spiro atoms. The van der Waals surface area contributed by atoms with Gasteiger partial charge in [0.2, 0.25) is 0 Å². The summed E-state index contributed by atoms with van der Waals surface area (Å²) in [5, 5.41) is 10.8. The maximum absolute atomic E-state index is 12.9. The first-order chi connectivity index (χ1) is 14.1. The van der Waals surface area contributed by atoms with Gasteiger partial charge in [0.15, 0.2) is 0 Å². The summed E-state index contributed by atoms with van der Waals surface area (Å²) in [6, 6.07) is 21.8. The molecule has 29 heavy (non-hydrogen) atoms. The minimum Gasteiger partial charge on any atom is -0.507 e. The lowest BCUT2D eigenvalue weighted by Gasteiger charge is -2.19. The van der Waals surface area contributed by atoms with Crippen LogP contribution in [0.2, 0.25) is 0 Å². The molecule has 152 valence electrons. The van der Waals surface area contributed by atoms with Gasteiger partial charge < -0.3 is 9.52 Å². The van der Waals surface area contributed by atoms with Crippen LogP contribution in [0, 0.1) is 0 Å². The van der Waals surface area contributed by atoms with Gasteiger partial charge in [-0.25, -0.2) is 4.79 Å². The minimum absolute atomic E-state index is 0.0489. The topological polar surface area (TPSA) is 50.4 Å². The van der Waals surface area contributed by atoms with Crippen molar-refractivity contribution < 1.29 is 9.52 Å².